The second-order valence-corrected chi connectivity index (χ2v) is 12.4. The normalized spacial score (nSPS) is 19.3. The predicted octanol–water partition coefficient (Wildman–Crippen LogP) is 7.60. The van der Waals surface area contributed by atoms with Crippen LogP contribution in [0.15, 0.2) is 114 Å². The maximum atomic E-state index is 14.1. The predicted molar refractivity (Wildman–Crippen MR) is 159 cm³/mol. The summed E-state index contributed by atoms with van der Waals surface area (Å²) in [5.74, 6) is -0.627. The van der Waals surface area contributed by atoms with Crippen molar-refractivity contribution in [1.82, 2.24) is 0 Å². The number of hydrogen-bond acceptors (Lipinski definition) is 4. The van der Waals surface area contributed by atoms with Crippen molar-refractivity contribution in [3.05, 3.63) is 131 Å². The highest BCUT2D eigenvalue weighted by Gasteiger charge is 2.48. The van der Waals surface area contributed by atoms with Crippen LogP contribution < -0.4 is 4.74 Å². The zero-order chi connectivity index (χ0) is 27.9. The van der Waals surface area contributed by atoms with Crippen molar-refractivity contribution in [2.45, 2.75) is 23.2 Å². The van der Waals surface area contributed by atoms with Crippen molar-refractivity contribution >= 4 is 48.4 Å². The maximum absolute atomic E-state index is 14.1. The monoisotopic (exact) mass is 556 g/mol. The summed E-state index contributed by atoms with van der Waals surface area (Å²) >= 11 is 0. The lowest BCUT2D eigenvalue weighted by Gasteiger charge is -2.45. The van der Waals surface area contributed by atoms with E-state index in [1.54, 1.807) is 24.3 Å². The van der Waals surface area contributed by atoms with Crippen LogP contribution >= 0.6 is 0 Å². The Kier molecular flexibility index (Phi) is 5.18. The Bertz CT molecular complexity index is 2180. The highest BCUT2D eigenvalue weighted by Crippen LogP contribution is 2.58. The van der Waals surface area contributed by atoms with Gasteiger partial charge >= 0.3 is 5.97 Å². The number of benzene rings is 6. The molecule has 6 aromatic rings. The maximum Gasteiger partial charge on any atom is 0.315 e. The van der Waals surface area contributed by atoms with Crippen molar-refractivity contribution in [1.29, 1.82) is 0 Å². The molecular weight excluding hydrogens is 532 g/mol. The minimum absolute atomic E-state index is 0.0513. The fraction of sp³-hybridized carbons (Fsp3) is 0.114. The molecule has 0 amide bonds. The zero-order valence-corrected chi connectivity index (χ0v) is 22.6. The molecular formula is C35H24O5S. The second-order valence-electron chi connectivity index (χ2n) is 11.0. The molecule has 0 radical (unpaired) electrons. The van der Waals surface area contributed by atoms with Crippen LogP contribution in [0.1, 0.15) is 40.5 Å². The molecule has 6 heteroatoms. The van der Waals surface area contributed by atoms with Crippen LogP contribution in [0.3, 0.4) is 0 Å². The van der Waals surface area contributed by atoms with E-state index in [-0.39, 0.29) is 28.5 Å². The van der Waals surface area contributed by atoms with Crippen molar-refractivity contribution < 1.29 is 22.5 Å². The van der Waals surface area contributed by atoms with E-state index in [1.165, 1.54) is 34.2 Å². The van der Waals surface area contributed by atoms with Gasteiger partial charge in [0.1, 0.15) is 10.6 Å². The van der Waals surface area contributed by atoms with Gasteiger partial charge in [-0.05, 0) is 62.4 Å². The average molecular weight is 557 g/mol. The Hall–Kier alpha value is -4.52. The van der Waals surface area contributed by atoms with Gasteiger partial charge in [-0.25, -0.2) is 0 Å². The van der Waals surface area contributed by atoms with Crippen molar-refractivity contribution in [3.8, 4) is 5.75 Å². The van der Waals surface area contributed by atoms with Crippen molar-refractivity contribution in [2.75, 3.05) is 0 Å². The SMILES string of the molecule is O=C(Oc1ccc(S(=O)(=O)O)c2ccccc12)C1CC2c3cc4ccccc4cc3C1c1c2ccc2ccccc12. The average Bonchev–Trinajstić information content (AvgIpc) is 2.99. The minimum atomic E-state index is -4.45. The van der Waals surface area contributed by atoms with Crippen LogP contribution in [-0.4, -0.2) is 18.9 Å². The van der Waals surface area contributed by atoms with E-state index in [0.29, 0.717) is 17.2 Å². The summed E-state index contributed by atoms with van der Waals surface area (Å²) < 4.78 is 39.8. The second kappa shape index (κ2) is 8.74. The van der Waals surface area contributed by atoms with Crippen LogP contribution in [0.2, 0.25) is 0 Å². The van der Waals surface area contributed by atoms with Gasteiger partial charge in [0.25, 0.3) is 10.1 Å². The summed E-state index contributed by atoms with van der Waals surface area (Å²) in [6.45, 7) is 0. The molecule has 0 heterocycles. The highest BCUT2D eigenvalue weighted by molar-refractivity contribution is 7.86. The summed E-state index contributed by atoms with van der Waals surface area (Å²) in [4.78, 5) is 13.9. The number of fused-ring (bicyclic) bond motifs is 4. The first-order valence-electron chi connectivity index (χ1n) is 13.6. The molecule has 6 aromatic carbocycles. The van der Waals surface area contributed by atoms with Gasteiger partial charge in [0.2, 0.25) is 0 Å². The molecule has 0 spiro atoms. The van der Waals surface area contributed by atoms with Gasteiger partial charge in [-0.1, -0.05) is 97.1 Å². The van der Waals surface area contributed by atoms with E-state index in [1.807, 2.05) is 18.2 Å². The first-order chi connectivity index (χ1) is 19.9. The number of rotatable bonds is 3. The lowest BCUT2D eigenvalue weighted by molar-refractivity contribution is -0.140. The Labute approximate surface area is 236 Å². The molecule has 0 saturated carbocycles. The summed E-state index contributed by atoms with van der Waals surface area (Å²) in [6.07, 6.45) is 0.626. The molecule has 3 aliphatic rings. The number of ether oxygens (including phenoxy) is 1. The Morgan fingerprint density at radius 3 is 2.05 bits per heavy atom. The molecule has 3 unspecified atom stereocenters. The first-order valence-corrected chi connectivity index (χ1v) is 15.1. The van der Waals surface area contributed by atoms with Gasteiger partial charge in [0, 0.05) is 22.6 Å². The Morgan fingerprint density at radius 1 is 0.683 bits per heavy atom. The van der Waals surface area contributed by atoms with Crippen molar-refractivity contribution in [2.24, 2.45) is 5.92 Å². The third-order valence-electron chi connectivity index (χ3n) is 8.88. The zero-order valence-electron chi connectivity index (χ0n) is 21.8. The van der Waals surface area contributed by atoms with Crippen molar-refractivity contribution in [3.63, 3.8) is 0 Å². The Morgan fingerprint density at radius 2 is 1.32 bits per heavy atom. The van der Waals surface area contributed by atoms with Gasteiger partial charge in [0.15, 0.2) is 0 Å². The van der Waals surface area contributed by atoms with E-state index >= 15 is 0 Å². The van der Waals surface area contributed by atoms with Crippen LogP contribution in [0.4, 0.5) is 0 Å². The molecule has 0 aliphatic heterocycles. The summed E-state index contributed by atoms with van der Waals surface area (Å²) in [5.41, 5.74) is 4.89. The third-order valence-corrected chi connectivity index (χ3v) is 9.79. The van der Waals surface area contributed by atoms with Crippen LogP contribution in [0, 0.1) is 5.92 Å². The lowest BCUT2D eigenvalue weighted by Crippen LogP contribution is -2.38. The molecule has 1 N–H and O–H groups in total. The van der Waals surface area contributed by atoms with Gasteiger partial charge in [-0.15, -0.1) is 0 Å². The van der Waals surface area contributed by atoms with Gasteiger partial charge < -0.3 is 4.74 Å². The lowest BCUT2D eigenvalue weighted by atomic mass is 9.58. The van der Waals surface area contributed by atoms with E-state index in [9.17, 15) is 17.8 Å². The molecule has 0 fully saturated rings. The number of hydrogen-bond donors (Lipinski definition) is 1. The van der Waals surface area contributed by atoms with Gasteiger partial charge in [0.05, 0.1) is 5.92 Å². The number of esters is 1. The summed E-state index contributed by atoms with van der Waals surface area (Å²) in [6, 6.07) is 35.0. The van der Waals surface area contributed by atoms with E-state index in [4.69, 9.17) is 4.74 Å². The molecule has 5 nitrogen and oxygen atoms in total. The number of carbonyl (C=O) groups excluding carboxylic acids is 1. The molecule has 200 valence electrons. The summed E-state index contributed by atoms with van der Waals surface area (Å²) in [7, 11) is -4.45. The van der Waals surface area contributed by atoms with E-state index < -0.39 is 16.0 Å². The molecule has 9 rings (SSSR count). The van der Waals surface area contributed by atoms with Gasteiger partial charge in [-0.2, -0.15) is 8.42 Å². The molecule has 41 heavy (non-hydrogen) atoms. The number of carbonyl (C=O) groups is 1. The minimum Gasteiger partial charge on any atom is -0.426 e. The molecule has 3 atom stereocenters. The summed E-state index contributed by atoms with van der Waals surface area (Å²) in [5, 5.41) is 5.37. The topological polar surface area (TPSA) is 80.7 Å². The van der Waals surface area contributed by atoms with Crippen LogP contribution in [0.5, 0.6) is 5.75 Å². The standard InChI is InChI=1S/C35H24O5S/c36-35(40-31-15-16-32(41(37,38)39)25-12-6-5-11-24(25)31)30-19-28-26-14-13-20-7-3-4-10-23(20)33(26)34(30)29-18-22-9-2-1-8-21(22)17-27(28)29/h1-18,28,30,34H,19H2,(H,37,38,39). The fourth-order valence-electron chi connectivity index (χ4n) is 7.17. The Balaban J connectivity index is 1.29. The quantitative estimate of drug-likeness (QED) is 0.138. The first kappa shape index (κ1) is 24.3. The van der Waals surface area contributed by atoms with Crippen LogP contribution in [-0.2, 0) is 14.9 Å². The molecule has 0 aromatic heterocycles. The molecule has 2 bridgehead atoms. The third kappa shape index (κ3) is 3.64. The molecule has 0 saturated heterocycles. The van der Waals surface area contributed by atoms with E-state index in [2.05, 4.69) is 54.6 Å². The smallest absolute Gasteiger partial charge is 0.315 e. The molecule has 3 aliphatic carbocycles. The van der Waals surface area contributed by atoms with Crippen LogP contribution in [0.25, 0.3) is 32.3 Å². The fourth-order valence-corrected chi connectivity index (χ4v) is 7.86. The largest absolute Gasteiger partial charge is 0.426 e. The van der Waals surface area contributed by atoms with E-state index in [0.717, 1.165) is 21.7 Å². The van der Waals surface area contributed by atoms with Gasteiger partial charge in [-0.3, -0.25) is 9.35 Å². The highest BCUT2D eigenvalue weighted by atomic mass is 32.2.